The molecule has 2 unspecified atom stereocenters. The van der Waals surface area contributed by atoms with E-state index >= 15 is 0 Å². The Morgan fingerprint density at radius 3 is 2.46 bits per heavy atom. The molecule has 0 aliphatic carbocycles. The van der Waals surface area contributed by atoms with Gasteiger partial charge >= 0.3 is 5.97 Å². The molecule has 0 radical (unpaired) electrons. The van der Waals surface area contributed by atoms with Gasteiger partial charge in [-0.25, -0.2) is 0 Å². The smallest absolute Gasteiger partial charge is 0.309 e. The zero-order valence-electron chi connectivity index (χ0n) is 14.2. The number of ether oxygens (including phenoxy) is 2. The van der Waals surface area contributed by atoms with E-state index in [1.165, 1.54) is 13.0 Å². The van der Waals surface area contributed by atoms with E-state index in [1.807, 2.05) is 0 Å². The lowest BCUT2D eigenvalue weighted by Crippen LogP contribution is -2.16. The highest BCUT2D eigenvalue weighted by atomic mass is 16.5. The Kier molecular flexibility index (Phi) is 9.38. The summed E-state index contributed by atoms with van der Waals surface area (Å²) in [5, 5.41) is 3.37. The van der Waals surface area contributed by atoms with Crippen molar-refractivity contribution in [3.05, 3.63) is 35.9 Å². The molecule has 1 aliphatic rings. The molecule has 1 aromatic rings. The minimum atomic E-state index is -0.573. The molecule has 2 atom stereocenters. The molecule has 132 valence electrons. The molecule has 2 rings (SSSR count). The van der Waals surface area contributed by atoms with Crippen molar-refractivity contribution in [3.8, 4) is 0 Å². The van der Waals surface area contributed by atoms with Crippen LogP contribution in [0.15, 0.2) is 30.3 Å². The fraction of sp³-hybridized carbons (Fsp3) is 0.500. The maximum Gasteiger partial charge on any atom is 0.309 e. The van der Waals surface area contributed by atoms with Crippen LogP contribution in [0.3, 0.4) is 0 Å². The minimum absolute atomic E-state index is 0.0398. The average Bonchev–Trinajstić information content (AvgIpc) is 2.97. The first-order valence-electron chi connectivity index (χ1n) is 8.05. The lowest BCUT2D eigenvalue weighted by Gasteiger charge is -2.03. The van der Waals surface area contributed by atoms with Gasteiger partial charge in [-0.05, 0) is 25.8 Å². The van der Waals surface area contributed by atoms with E-state index in [0.29, 0.717) is 5.56 Å². The zero-order valence-corrected chi connectivity index (χ0v) is 14.2. The summed E-state index contributed by atoms with van der Waals surface area (Å²) in [7, 11) is 0. The van der Waals surface area contributed by atoms with Crippen molar-refractivity contribution in [2.45, 2.75) is 32.7 Å². The van der Waals surface area contributed by atoms with Crippen molar-refractivity contribution in [2.75, 3.05) is 19.8 Å². The highest BCUT2D eigenvalue weighted by Crippen LogP contribution is 2.10. The first-order valence-corrected chi connectivity index (χ1v) is 8.05. The van der Waals surface area contributed by atoms with Crippen LogP contribution in [0.4, 0.5) is 0 Å². The van der Waals surface area contributed by atoms with Crippen LogP contribution < -0.4 is 5.32 Å². The highest BCUT2D eigenvalue weighted by Gasteiger charge is 2.14. The van der Waals surface area contributed by atoms with Crippen LogP contribution >= 0.6 is 0 Å². The number of hydrogen-bond acceptors (Lipinski definition) is 6. The van der Waals surface area contributed by atoms with Gasteiger partial charge in [0.15, 0.2) is 12.4 Å². The summed E-state index contributed by atoms with van der Waals surface area (Å²) < 4.78 is 9.05. The van der Waals surface area contributed by atoms with Gasteiger partial charge in [-0.3, -0.25) is 14.4 Å². The molecule has 6 heteroatoms. The number of hydrogen-bond donors (Lipinski definition) is 1. The van der Waals surface area contributed by atoms with E-state index in [1.54, 1.807) is 30.3 Å². The van der Waals surface area contributed by atoms with E-state index in [9.17, 15) is 14.4 Å². The molecule has 0 bridgehead atoms. The Bertz CT molecular complexity index is 509. The molecule has 0 amide bonds. The van der Waals surface area contributed by atoms with Crippen LogP contribution in [0.25, 0.3) is 0 Å². The average molecular weight is 335 g/mol. The SMILES string of the molecule is CC1CNC(C)C1.O=COCCC(=O)OCC(=O)c1ccccc1. The minimum Gasteiger partial charge on any atom is -0.467 e. The molecular weight excluding hydrogens is 310 g/mol. The standard InChI is InChI=1S/C12H12O5.C6H13N/c13-9-16-7-6-12(15)17-8-11(14)10-4-2-1-3-5-10;1-5-3-6(2)7-4-5/h1-5,9H,6-8H2;5-7H,3-4H2,1-2H3. The van der Waals surface area contributed by atoms with E-state index in [0.717, 1.165) is 12.0 Å². The summed E-state index contributed by atoms with van der Waals surface area (Å²) in [5.74, 6) is 0.0707. The van der Waals surface area contributed by atoms with E-state index < -0.39 is 5.97 Å². The monoisotopic (exact) mass is 335 g/mol. The Morgan fingerprint density at radius 2 is 1.96 bits per heavy atom. The van der Waals surface area contributed by atoms with Gasteiger partial charge < -0.3 is 14.8 Å². The van der Waals surface area contributed by atoms with Gasteiger partial charge in [-0.2, -0.15) is 0 Å². The lowest BCUT2D eigenvalue weighted by atomic mass is 10.1. The number of ketones is 1. The second kappa shape index (κ2) is 11.3. The Balaban J connectivity index is 0.000000341. The third-order valence-electron chi connectivity index (χ3n) is 3.52. The first kappa shape index (κ1) is 19.8. The second-order valence-corrected chi connectivity index (χ2v) is 5.82. The number of Topliss-reactive ketones (excluding diaryl/α,β-unsaturated/α-hetero) is 1. The summed E-state index contributed by atoms with van der Waals surface area (Å²) in [5.41, 5.74) is 0.490. The largest absolute Gasteiger partial charge is 0.467 e. The number of esters is 1. The van der Waals surface area contributed by atoms with E-state index in [-0.39, 0.29) is 31.9 Å². The number of carbonyl (C=O) groups excluding carboxylic acids is 3. The molecule has 0 spiro atoms. The van der Waals surface area contributed by atoms with Crippen LogP contribution in [-0.4, -0.2) is 44.0 Å². The van der Waals surface area contributed by atoms with Crippen LogP contribution in [-0.2, 0) is 19.1 Å². The summed E-state index contributed by atoms with van der Waals surface area (Å²) in [6, 6.07) is 9.31. The predicted molar refractivity (Wildman–Crippen MR) is 89.6 cm³/mol. The van der Waals surface area contributed by atoms with Crippen LogP contribution in [0, 0.1) is 5.92 Å². The zero-order chi connectivity index (χ0) is 17.8. The van der Waals surface area contributed by atoms with Crippen molar-refractivity contribution in [2.24, 2.45) is 5.92 Å². The van der Waals surface area contributed by atoms with Gasteiger partial charge in [0.25, 0.3) is 6.47 Å². The van der Waals surface area contributed by atoms with Crippen molar-refractivity contribution in [1.82, 2.24) is 5.32 Å². The van der Waals surface area contributed by atoms with Gasteiger partial charge in [0, 0.05) is 11.6 Å². The van der Waals surface area contributed by atoms with Crippen LogP contribution in [0.5, 0.6) is 0 Å². The van der Waals surface area contributed by atoms with Gasteiger partial charge in [0.1, 0.15) is 6.61 Å². The summed E-state index contributed by atoms with van der Waals surface area (Å²) in [4.78, 5) is 32.4. The van der Waals surface area contributed by atoms with E-state index in [2.05, 4.69) is 23.9 Å². The fourth-order valence-electron chi connectivity index (χ4n) is 2.29. The van der Waals surface area contributed by atoms with Crippen molar-refractivity contribution in [3.63, 3.8) is 0 Å². The quantitative estimate of drug-likeness (QED) is 0.355. The topological polar surface area (TPSA) is 81.7 Å². The number of rotatable bonds is 7. The maximum absolute atomic E-state index is 11.5. The van der Waals surface area contributed by atoms with Crippen molar-refractivity contribution >= 4 is 18.2 Å². The Hall–Kier alpha value is -2.21. The number of carbonyl (C=O) groups is 3. The molecule has 1 aliphatic heterocycles. The molecule has 1 heterocycles. The number of nitrogens with one attached hydrogen (secondary N) is 1. The molecule has 0 saturated carbocycles. The number of benzene rings is 1. The molecule has 0 aromatic heterocycles. The van der Waals surface area contributed by atoms with Crippen molar-refractivity contribution < 1.29 is 23.9 Å². The van der Waals surface area contributed by atoms with Crippen LogP contribution in [0.1, 0.15) is 37.0 Å². The normalized spacial score (nSPS) is 18.9. The maximum atomic E-state index is 11.5. The van der Waals surface area contributed by atoms with E-state index in [4.69, 9.17) is 4.74 Å². The van der Waals surface area contributed by atoms with Gasteiger partial charge in [0.2, 0.25) is 0 Å². The summed E-state index contributed by atoms with van der Waals surface area (Å²) in [6.45, 7) is 5.66. The van der Waals surface area contributed by atoms with Gasteiger partial charge in [-0.15, -0.1) is 0 Å². The van der Waals surface area contributed by atoms with Gasteiger partial charge in [0.05, 0.1) is 6.42 Å². The molecule has 24 heavy (non-hydrogen) atoms. The summed E-state index contributed by atoms with van der Waals surface area (Å²) >= 11 is 0. The Morgan fingerprint density at radius 1 is 1.25 bits per heavy atom. The van der Waals surface area contributed by atoms with Gasteiger partial charge in [-0.1, -0.05) is 37.3 Å². The van der Waals surface area contributed by atoms with Crippen molar-refractivity contribution in [1.29, 1.82) is 0 Å². The molecule has 6 nitrogen and oxygen atoms in total. The molecule has 1 fully saturated rings. The highest BCUT2D eigenvalue weighted by molar-refractivity contribution is 5.97. The first-order chi connectivity index (χ1) is 11.5. The lowest BCUT2D eigenvalue weighted by molar-refractivity contribution is -0.144. The summed E-state index contributed by atoms with van der Waals surface area (Å²) in [6.07, 6.45) is 1.31. The molecular formula is C18H25NO5. The fourth-order valence-corrected chi connectivity index (χ4v) is 2.29. The molecule has 1 aromatic carbocycles. The second-order valence-electron chi connectivity index (χ2n) is 5.82. The molecule has 1 saturated heterocycles. The third kappa shape index (κ3) is 8.43. The predicted octanol–water partition coefficient (Wildman–Crippen LogP) is 1.98. The Labute approximate surface area is 142 Å². The van der Waals surface area contributed by atoms with Crippen LogP contribution in [0.2, 0.25) is 0 Å². The molecule has 1 N–H and O–H groups in total. The third-order valence-corrected chi connectivity index (χ3v) is 3.52.